The van der Waals surface area contributed by atoms with E-state index < -0.39 is 0 Å². The third-order valence-corrected chi connectivity index (χ3v) is 4.44. The van der Waals surface area contributed by atoms with Crippen molar-refractivity contribution in [2.24, 2.45) is 17.3 Å². The molecule has 1 fully saturated rings. The molecule has 0 bridgehead atoms. The Morgan fingerprint density at radius 3 is 2.25 bits per heavy atom. The Balaban J connectivity index is 2.56. The van der Waals surface area contributed by atoms with Crippen LogP contribution in [0.2, 0.25) is 0 Å². The van der Waals surface area contributed by atoms with E-state index in [4.69, 9.17) is 0 Å². The maximum atomic E-state index is 10.1. The standard InChI is InChI=1S/C15H30O/c1-12-6-5-7-13(2)14(16)9-11-15(3,4)10-8-12/h12-14,16H,5-11H2,1-4H3. The molecule has 0 radical (unpaired) electrons. The Morgan fingerprint density at radius 2 is 1.56 bits per heavy atom. The summed E-state index contributed by atoms with van der Waals surface area (Å²) in [5.41, 5.74) is 0.416. The first-order chi connectivity index (χ1) is 7.41. The lowest BCUT2D eigenvalue weighted by Crippen LogP contribution is -2.21. The van der Waals surface area contributed by atoms with Crippen molar-refractivity contribution < 1.29 is 5.11 Å². The molecule has 16 heavy (non-hydrogen) atoms. The molecule has 3 unspecified atom stereocenters. The van der Waals surface area contributed by atoms with Gasteiger partial charge >= 0.3 is 0 Å². The van der Waals surface area contributed by atoms with Crippen LogP contribution in [0.3, 0.4) is 0 Å². The highest BCUT2D eigenvalue weighted by Crippen LogP contribution is 2.34. The first-order valence-corrected chi connectivity index (χ1v) is 7.09. The summed E-state index contributed by atoms with van der Waals surface area (Å²) in [6.07, 6.45) is 8.59. The zero-order valence-electron chi connectivity index (χ0n) is 11.6. The molecule has 1 nitrogen and oxygen atoms in total. The van der Waals surface area contributed by atoms with E-state index in [2.05, 4.69) is 27.7 Å². The molecule has 3 atom stereocenters. The summed E-state index contributed by atoms with van der Waals surface area (Å²) in [5.74, 6) is 1.35. The van der Waals surface area contributed by atoms with Gasteiger partial charge < -0.3 is 5.11 Å². The minimum absolute atomic E-state index is 0.0762. The molecule has 0 aromatic heterocycles. The number of hydrogen-bond acceptors (Lipinski definition) is 1. The third-order valence-electron chi connectivity index (χ3n) is 4.44. The normalized spacial score (nSPS) is 37.7. The van der Waals surface area contributed by atoms with Crippen molar-refractivity contribution in [1.29, 1.82) is 0 Å². The smallest absolute Gasteiger partial charge is 0.0566 e. The Labute approximate surface area is 102 Å². The van der Waals surface area contributed by atoms with Crippen molar-refractivity contribution in [3.8, 4) is 0 Å². The van der Waals surface area contributed by atoms with Crippen LogP contribution in [0.1, 0.15) is 72.6 Å². The fraction of sp³-hybridized carbons (Fsp3) is 1.00. The zero-order valence-corrected chi connectivity index (χ0v) is 11.6. The van der Waals surface area contributed by atoms with E-state index in [1.54, 1.807) is 0 Å². The average Bonchev–Trinajstić information content (AvgIpc) is 2.23. The topological polar surface area (TPSA) is 20.2 Å². The molecule has 0 spiro atoms. The molecular weight excluding hydrogens is 196 g/mol. The molecule has 0 aromatic carbocycles. The van der Waals surface area contributed by atoms with Gasteiger partial charge in [0.05, 0.1) is 6.10 Å². The minimum atomic E-state index is -0.0762. The molecule has 1 N–H and O–H groups in total. The van der Waals surface area contributed by atoms with Crippen molar-refractivity contribution in [1.82, 2.24) is 0 Å². The fourth-order valence-electron chi connectivity index (χ4n) is 2.71. The summed E-state index contributed by atoms with van der Waals surface area (Å²) in [7, 11) is 0. The lowest BCUT2D eigenvalue weighted by Gasteiger charge is -2.27. The maximum Gasteiger partial charge on any atom is 0.0566 e. The van der Waals surface area contributed by atoms with Crippen molar-refractivity contribution in [3.63, 3.8) is 0 Å². The van der Waals surface area contributed by atoms with Gasteiger partial charge in [0.15, 0.2) is 0 Å². The van der Waals surface area contributed by atoms with Crippen LogP contribution in [0.25, 0.3) is 0 Å². The van der Waals surface area contributed by atoms with Crippen LogP contribution in [0.5, 0.6) is 0 Å². The number of rotatable bonds is 0. The van der Waals surface area contributed by atoms with Gasteiger partial charge in [-0.2, -0.15) is 0 Å². The molecule has 0 heterocycles. The highest BCUT2D eigenvalue weighted by molar-refractivity contribution is 4.75. The van der Waals surface area contributed by atoms with Gasteiger partial charge in [-0.05, 0) is 42.9 Å². The quantitative estimate of drug-likeness (QED) is 0.649. The summed E-state index contributed by atoms with van der Waals surface area (Å²) in [4.78, 5) is 0. The number of aliphatic hydroxyl groups excluding tert-OH is 1. The molecule has 1 heteroatoms. The van der Waals surface area contributed by atoms with E-state index in [9.17, 15) is 5.11 Å². The van der Waals surface area contributed by atoms with Crippen LogP contribution >= 0.6 is 0 Å². The SMILES string of the molecule is CC1CCCC(C)C(O)CCC(C)(C)CC1. The van der Waals surface area contributed by atoms with E-state index in [0.717, 1.165) is 12.3 Å². The summed E-state index contributed by atoms with van der Waals surface area (Å²) < 4.78 is 0. The van der Waals surface area contributed by atoms with Gasteiger partial charge in [0, 0.05) is 0 Å². The second-order valence-corrected chi connectivity index (χ2v) is 6.82. The van der Waals surface area contributed by atoms with Crippen molar-refractivity contribution in [3.05, 3.63) is 0 Å². The average molecular weight is 226 g/mol. The summed E-state index contributed by atoms with van der Waals surface area (Å²) >= 11 is 0. The lowest BCUT2D eigenvalue weighted by molar-refractivity contribution is 0.0869. The van der Waals surface area contributed by atoms with E-state index in [1.165, 1.54) is 38.5 Å². The molecule has 0 amide bonds. The van der Waals surface area contributed by atoms with Crippen molar-refractivity contribution in [2.75, 3.05) is 0 Å². The lowest BCUT2D eigenvalue weighted by atomic mass is 9.80. The van der Waals surface area contributed by atoms with Crippen LogP contribution < -0.4 is 0 Å². The van der Waals surface area contributed by atoms with Crippen LogP contribution in [-0.4, -0.2) is 11.2 Å². The zero-order chi connectivity index (χ0) is 12.2. The predicted molar refractivity (Wildman–Crippen MR) is 70.4 cm³/mol. The molecule has 1 saturated carbocycles. The summed E-state index contributed by atoms with van der Waals surface area (Å²) in [6.45, 7) is 9.30. The van der Waals surface area contributed by atoms with E-state index in [1.807, 2.05) is 0 Å². The van der Waals surface area contributed by atoms with Crippen molar-refractivity contribution >= 4 is 0 Å². The predicted octanol–water partition coefficient (Wildman–Crippen LogP) is 4.39. The Morgan fingerprint density at radius 1 is 0.938 bits per heavy atom. The van der Waals surface area contributed by atoms with Crippen LogP contribution in [0.4, 0.5) is 0 Å². The molecule has 1 rings (SSSR count). The Kier molecular flexibility index (Phi) is 5.30. The van der Waals surface area contributed by atoms with Gasteiger partial charge in [0.2, 0.25) is 0 Å². The number of aliphatic hydroxyl groups is 1. The molecular formula is C15H30O. The monoisotopic (exact) mass is 226 g/mol. The number of hydrogen-bond donors (Lipinski definition) is 1. The largest absolute Gasteiger partial charge is 0.393 e. The van der Waals surface area contributed by atoms with Gasteiger partial charge in [0.1, 0.15) is 0 Å². The third kappa shape index (κ3) is 4.86. The summed E-state index contributed by atoms with van der Waals surface area (Å²) in [6, 6.07) is 0. The van der Waals surface area contributed by atoms with Crippen LogP contribution in [0.15, 0.2) is 0 Å². The Bertz CT molecular complexity index is 198. The van der Waals surface area contributed by atoms with Gasteiger partial charge in [0.25, 0.3) is 0 Å². The van der Waals surface area contributed by atoms with Gasteiger partial charge in [-0.15, -0.1) is 0 Å². The molecule has 1 aliphatic rings. The van der Waals surface area contributed by atoms with Crippen LogP contribution in [-0.2, 0) is 0 Å². The first kappa shape index (κ1) is 14.0. The van der Waals surface area contributed by atoms with Gasteiger partial charge in [-0.25, -0.2) is 0 Å². The minimum Gasteiger partial charge on any atom is -0.393 e. The van der Waals surface area contributed by atoms with E-state index in [0.29, 0.717) is 11.3 Å². The summed E-state index contributed by atoms with van der Waals surface area (Å²) in [5, 5.41) is 10.1. The second kappa shape index (κ2) is 6.05. The van der Waals surface area contributed by atoms with E-state index >= 15 is 0 Å². The van der Waals surface area contributed by atoms with Crippen LogP contribution in [0, 0.1) is 17.3 Å². The van der Waals surface area contributed by atoms with Crippen molar-refractivity contribution in [2.45, 2.75) is 78.7 Å². The molecule has 1 aliphatic carbocycles. The fourth-order valence-corrected chi connectivity index (χ4v) is 2.71. The maximum absolute atomic E-state index is 10.1. The van der Waals surface area contributed by atoms with Gasteiger partial charge in [-0.3, -0.25) is 0 Å². The molecule has 0 aliphatic heterocycles. The van der Waals surface area contributed by atoms with E-state index in [-0.39, 0.29) is 6.10 Å². The molecule has 0 saturated heterocycles. The second-order valence-electron chi connectivity index (χ2n) is 6.82. The highest BCUT2D eigenvalue weighted by atomic mass is 16.3. The first-order valence-electron chi connectivity index (χ1n) is 7.09. The highest BCUT2D eigenvalue weighted by Gasteiger charge is 2.23. The Hall–Kier alpha value is -0.0400. The molecule has 96 valence electrons. The van der Waals surface area contributed by atoms with Gasteiger partial charge in [-0.1, -0.05) is 47.0 Å². The molecule has 0 aromatic rings.